The van der Waals surface area contributed by atoms with E-state index in [2.05, 4.69) is 27.7 Å². The third-order valence-corrected chi connectivity index (χ3v) is 6.14. The third kappa shape index (κ3) is 4.56. The summed E-state index contributed by atoms with van der Waals surface area (Å²) in [6, 6.07) is 17.4. The Bertz CT molecular complexity index is 1100. The maximum Gasteiger partial charge on any atom is 0.313 e. The fraction of sp³-hybridized carbons (Fsp3) is 0.182. The first kappa shape index (κ1) is 20.5. The van der Waals surface area contributed by atoms with Gasteiger partial charge in [-0.2, -0.15) is 0 Å². The number of nitro benzene ring substituents is 1. The number of rotatable bonds is 6. The van der Waals surface area contributed by atoms with Crippen molar-refractivity contribution >= 4 is 40.2 Å². The van der Waals surface area contributed by atoms with Gasteiger partial charge >= 0.3 is 11.8 Å². The quantitative estimate of drug-likeness (QED) is 0.350. The largest absolute Gasteiger partial charge is 0.361 e. The molecule has 9 heteroatoms. The summed E-state index contributed by atoms with van der Waals surface area (Å²) >= 11 is 1.61. The number of carbonyl (C=O) groups excluding carboxylic acids is 2. The van der Waals surface area contributed by atoms with Gasteiger partial charge in [-0.25, -0.2) is 0 Å². The van der Waals surface area contributed by atoms with Crippen molar-refractivity contribution in [1.82, 2.24) is 5.32 Å². The molecule has 1 aliphatic rings. The van der Waals surface area contributed by atoms with Gasteiger partial charge in [-0.15, -0.1) is 11.3 Å². The molecule has 0 unspecified atom stereocenters. The van der Waals surface area contributed by atoms with Crippen LogP contribution in [0.1, 0.15) is 16.5 Å². The minimum absolute atomic E-state index is 0.0835. The van der Waals surface area contributed by atoms with Crippen molar-refractivity contribution in [3.8, 4) is 0 Å². The lowest BCUT2D eigenvalue weighted by atomic mass is 10.1. The van der Waals surface area contributed by atoms with Gasteiger partial charge < -0.3 is 15.5 Å². The van der Waals surface area contributed by atoms with Crippen LogP contribution in [0.3, 0.4) is 0 Å². The van der Waals surface area contributed by atoms with E-state index in [1.165, 1.54) is 29.8 Å². The average molecular weight is 436 g/mol. The van der Waals surface area contributed by atoms with Gasteiger partial charge in [-0.1, -0.05) is 24.3 Å². The molecule has 2 amide bonds. The van der Waals surface area contributed by atoms with Gasteiger partial charge in [0.2, 0.25) is 0 Å². The highest BCUT2D eigenvalue weighted by atomic mass is 32.1. The van der Waals surface area contributed by atoms with Crippen molar-refractivity contribution in [3.05, 3.63) is 86.6 Å². The number of thiophene rings is 1. The number of nitrogens with one attached hydrogen (secondary N) is 2. The van der Waals surface area contributed by atoms with Gasteiger partial charge in [0.15, 0.2) is 0 Å². The van der Waals surface area contributed by atoms with E-state index in [0.717, 1.165) is 23.5 Å². The minimum atomic E-state index is -0.819. The van der Waals surface area contributed by atoms with Gasteiger partial charge in [0.05, 0.1) is 11.0 Å². The first-order valence-corrected chi connectivity index (χ1v) is 10.6. The number of fused-ring (bicyclic) bond motifs is 1. The SMILES string of the molecule is O=C(NC[C@H](c1cccs1)N1CCc2ccccc21)C(=O)Nc1ccc([N+](=O)[O-])cc1. The van der Waals surface area contributed by atoms with Crippen LogP contribution in [0.5, 0.6) is 0 Å². The second kappa shape index (κ2) is 8.97. The minimum Gasteiger partial charge on any atom is -0.361 e. The molecule has 0 saturated carbocycles. The van der Waals surface area contributed by atoms with Crippen LogP contribution < -0.4 is 15.5 Å². The van der Waals surface area contributed by atoms with Crippen LogP contribution in [0.4, 0.5) is 17.1 Å². The number of hydrogen-bond acceptors (Lipinski definition) is 6. The lowest BCUT2D eigenvalue weighted by Gasteiger charge is -2.30. The molecule has 31 heavy (non-hydrogen) atoms. The van der Waals surface area contributed by atoms with E-state index >= 15 is 0 Å². The molecule has 2 N–H and O–H groups in total. The lowest BCUT2D eigenvalue weighted by Crippen LogP contribution is -2.41. The number of nitrogens with zero attached hydrogens (tertiary/aromatic N) is 2. The summed E-state index contributed by atoms with van der Waals surface area (Å²) in [5.41, 5.74) is 2.64. The molecular weight excluding hydrogens is 416 g/mol. The zero-order valence-electron chi connectivity index (χ0n) is 16.5. The summed E-state index contributed by atoms with van der Waals surface area (Å²) in [6.45, 7) is 1.12. The molecule has 3 aromatic rings. The Kier molecular flexibility index (Phi) is 5.94. The molecule has 4 rings (SSSR count). The molecule has 0 spiro atoms. The fourth-order valence-electron chi connectivity index (χ4n) is 3.66. The van der Waals surface area contributed by atoms with E-state index in [4.69, 9.17) is 0 Å². The number of amides is 2. The number of benzene rings is 2. The topological polar surface area (TPSA) is 105 Å². The van der Waals surface area contributed by atoms with Crippen LogP contribution in [0.15, 0.2) is 66.0 Å². The van der Waals surface area contributed by atoms with E-state index in [0.29, 0.717) is 5.69 Å². The molecule has 158 valence electrons. The highest BCUT2D eigenvalue weighted by molar-refractivity contribution is 7.10. The van der Waals surface area contributed by atoms with Crippen molar-refractivity contribution in [2.75, 3.05) is 23.3 Å². The summed E-state index contributed by atoms with van der Waals surface area (Å²) in [5.74, 6) is -1.58. The molecule has 2 heterocycles. The smallest absolute Gasteiger partial charge is 0.313 e. The van der Waals surface area contributed by atoms with Gasteiger partial charge in [0.1, 0.15) is 0 Å². The molecule has 1 atom stereocenters. The molecule has 0 aliphatic carbocycles. The van der Waals surface area contributed by atoms with Crippen LogP contribution >= 0.6 is 11.3 Å². The molecule has 1 aliphatic heterocycles. The molecular formula is C22H20N4O4S. The van der Waals surface area contributed by atoms with E-state index in [1.54, 1.807) is 11.3 Å². The van der Waals surface area contributed by atoms with Gasteiger partial charge in [0, 0.05) is 41.5 Å². The van der Waals surface area contributed by atoms with Crippen molar-refractivity contribution in [1.29, 1.82) is 0 Å². The Balaban J connectivity index is 1.42. The first-order chi connectivity index (χ1) is 15.0. The van der Waals surface area contributed by atoms with E-state index < -0.39 is 16.7 Å². The zero-order valence-corrected chi connectivity index (χ0v) is 17.3. The monoisotopic (exact) mass is 436 g/mol. The molecule has 2 aromatic carbocycles. The highest BCUT2D eigenvalue weighted by Crippen LogP contribution is 2.36. The number of para-hydroxylation sites is 1. The molecule has 1 aromatic heterocycles. The van der Waals surface area contributed by atoms with Crippen LogP contribution in [-0.4, -0.2) is 29.8 Å². The third-order valence-electron chi connectivity index (χ3n) is 5.17. The molecule has 0 radical (unpaired) electrons. The average Bonchev–Trinajstić information content (AvgIpc) is 3.45. The van der Waals surface area contributed by atoms with Gasteiger partial charge in [-0.05, 0) is 41.6 Å². The Morgan fingerprint density at radius 2 is 1.84 bits per heavy atom. The van der Waals surface area contributed by atoms with Crippen LogP contribution in [0, 0.1) is 10.1 Å². The number of non-ortho nitro benzene ring substituents is 1. The van der Waals surface area contributed by atoms with Gasteiger partial charge in [0.25, 0.3) is 5.69 Å². The number of carbonyl (C=O) groups is 2. The molecule has 0 fully saturated rings. The van der Waals surface area contributed by atoms with Crippen molar-refractivity contribution in [2.24, 2.45) is 0 Å². The summed E-state index contributed by atoms with van der Waals surface area (Å²) in [4.78, 5) is 38.3. The summed E-state index contributed by atoms with van der Waals surface area (Å²) < 4.78 is 0. The predicted molar refractivity (Wildman–Crippen MR) is 119 cm³/mol. The normalized spacial score (nSPS) is 13.4. The van der Waals surface area contributed by atoms with Gasteiger partial charge in [-0.3, -0.25) is 19.7 Å². The number of anilines is 2. The van der Waals surface area contributed by atoms with E-state index in [-0.39, 0.29) is 18.3 Å². The molecule has 0 bridgehead atoms. The van der Waals surface area contributed by atoms with Crippen molar-refractivity contribution < 1.29 is 14.5 Å². The first-order valence-electron chi connectivity index (χ1n) is 9.74. The predicted octanol–water partition coefficient (Wildman–Crippen LogP) is 3.52. The zero-order chi connectivity index (χ0) is 21.8. The van der Waals surface area contributed by atoms with Crippen LogP contribution in [0.2, 0.25) is 0 Å². The maximum atomic E-state index is 12.4. The summed E-state index contributed by atoms with van der Waals surface area (Å²) in [6.07, 6.45) is 0.937. The summed E-state index contributed by atoms with van der Waals surface area (Å²) in [7, 11) is 0. The Labute approximate surface area is 182 Å². The highest BCUT2D eigenvalue weighted by Gasteiger charge is 2.28. The van der Waals surface area contributed by atoms with Crippen molar-refractivity contribution in [3.63, 3.8) is 0 Å². The Morgan fingerprint density at radius 1 is 1.06 bits per heavy atom. The van der Waals surface area contributed by atoms with E-state index in [1.807, 2.05) is 29.6 Å². The maximum absolute atomic E-state index is 12.4. The Morgan fingerprint density at radius 3 is 2.55 bits per heavy atom. The van der Waals surface area contributed by atoms with E-state index in [9.17, 15) is 19.7 Å². The van der Waals surface area contributed by atoms with Crippen molar-refractivity contribution in [2.45, 2.75) is 12.5 Å². The number of hydrogen-bond donors (Lipinski definition) is 2. The Hall–Kier alpha value is -3.72. The lowest BCUT2D eigenvalue weighted by molar-refractivity contribution is -0.384. The van der Waals surface area contributed by atoms with Crippen LogP contribution in [0.25, 0.3) is 0 Å². The molecule has 0 saturated heterocycles. The summed E-state index contributed by atoms with van der Waals surface area (Å²) in [5, 5.41) is 17.9. The standard InChI is InChI=1S/C22H20N4O4S/c27-21(22(28)24-16-7-9-17(10-8-16)26(29)30)23-14-19(20-6-3-13-31-20)25-12-11-15-4-1-2-5-18(15)25/h1-10,13,19H,11-12,14H2,(H,23,27)(H,24,28)/t19-/m1/s1. The van der Waals surface area contributed by atoms with Crippen LogP contribution in [-0.2, 0) is 16.0 Å². The number of nitro groups is 1. The fourth-order valence-corrected chi connectivity index (χ4v) is 4.50. The second-order valence-corrected chi connectivity index (χ2v) is 8.05. The molecule has 8 nitrogen and oxygen atoms in total. The second-order valence-electron chi connectivity index (χ2n) is 7.07.